The van der Waals surface area contributed by atoms with Gasteiger partial charge in [-0.05, 0) is 44.1 Å². The molecular weight excluding hydrogens is 332 g/mol. The van der Waals surface area contributed by atoms with Crippen LogP contribution in [0.3, 0.4) is 0 Å². The Balaban J connectivity index is 1.58. The highest BCUT2D eigenvalue weighted by atomic mass is 16.5. The van der Waals surface area contributed by atoms with E-state index in [1.807, 2.05) is 31.2 Å². The Morgan fingerprint density at radius 2 is 1.96 bits per heavy atom. The lowest BCUT2D eigenvalue weighted by Crippen LogP contribution is -2.49. The number of benzene rings is 1. The minimum absolute atomic E-state index is 0.189. The second-order valence-corrected chi connectivity index (χ2v) is 7.57. The molecule has 1 saturated carbocycles. The number of carboxylic acid groups (broad SMARTS) is 1. The van der Waals surface area contributed by atoms with Crippen molar-refractivity contribution in [3.05, 3.63) is 29.8 Å². The molecule has 3 rings (SSSR count). The molecule has 1 saturated heterocycles. The number of ether oxygens (including phenoxy) is 1. The number of amides is 2. The molecule has 2 N–H and O–H groups in total. The molecule has 2 unspecified atom stereocenters. The van der Waals surface area contributed by atoms with Crippen LogP contribution in [0.15, 0.2) is 24.3 Å². The van der Waals surface area contributed by atoms with E-state index in [2.05, 4.69) is 5.32 Å². The number of aliphatic carboxylic acids is 1. The molecule has 26 heavy (non-hydrogen) atoms. The SMILES string of the molecule is CC1CC(C(=O)O)CN(C(=O)NCc2ccccc2OC2CCCC2)C1. The molecular formula is C20H28N2O4. The van der Waals surface area contributed by atoms with Crippen molar-refractivity contribution in [2.45, 2.75) is 51.7 Å². The number of nitrogens with one attached hydrogen (secondary N) is 1. The summed E-state index contributed by atoms with van der Waals surface area (Å²) < 4.78 is 6.11. The van der Waals surface area contributed by atoms with Crippen LogP contribution in [0.5, 0.6) is 5.75 Å². The zero-order chi connectivity index (χ0) is 18.5. The van der Waals surface area contributed by atoms with Crippen molar-refractivity contribution in [1.29, 1.82) is 0 Å². The lowest BCUT2D eigenvalue weighted by atomic mass is 9.91. The minimum atomic E-state index is -0.829. The van der Waals surface area contributed by atoms with Gasteiger partial charge in [-0.2, -0.15) is 0 Å². The van der Waals surface area contributed by atoms with E-state index >= 15 is 0 Å². The van der Waals surface area contributed by atoms with Crippen LogP contribution in [0.25, 0.3) is 0 Å². The Morgan fingerprint density at radius 1 is 1.23 bits per heavy atom. The topological polar surface area (TPSA) is 78.9 Å². The van der Waals surface area contributed by atoms with Crippen molar-refractivity contribution < 1.29 is 19.4 Å². The number of likely N-dealkylation sites (tertiary alicyclic amines) is 1. The Hall–Kier alpha value is -2.24. The number of para-hydroxylation sites is 1. The maximum absolute atomic E-state index is 12.5. The number of urea groups is 1. The van der Waals surface area contributed by atoms with Crippen LogP contribution in [-0.2, 0) is 11.3 Å². The highest BCUT2D eigenvalue weighted by Crippen LogP contribution is 2.27. The van der Waals surface area contributed by atoms with Gasteiger partial charge in [0.1, 0.15) is 5.75 Å². The zero-order valence-electron chi connectivity index (χ0n) is 15.3. The van der Waals surface area contributed by atoms with Crippen LogP contribution in [-0.4, -0.2) is 41.2 Å². The molecule has 2 fully saturated rings. The van der Waals surface area contributed by atoms with Gasteiger partial charge in [-0.25, -0.2) is 4.79 Å². The van der Waals surface area contributed by atoms with Crippen molar-refractivity contribution in [3.8, 4) is 5.75 Å². The first-order valence-corrected chi connectivity index (χ1v) is 9.53. The molecule has 6 heteroatoms. The molecule has 0 bridgehead atoms. The maximum atomic E-state index is 12.5. The minimum Gasteiger partial charge on any atom is -0.490 e. The molecule has 1 aromatic carbocycles. The van der Waals surface area contributed by atoms with Gasteiger partial charge in [-0.15, -0.1) is 0 Å². The lowest BCUT2D eigenvalue weighted by Gasteiger charge is -2.34. The lowest BCUT2D eigenvalue weighted by molar-refractivity contribution is -0.143. The predicted octanol–water partition coefficient (Wildman–Crippen LogP) is 3.26. The highest BCUT2D eigenvalue weighted by Gasteiger charge is 2.31. The summed E-state index contributed by atoms with van der Waals surface area (Å²) in [7, 11) is 0. The van der Waals surface area contributed by atoms with Gasteiger partial charge < -0.3 is 20.1 Å². The van der Waals surface area contributed by atoms with E-state index in [0.717, 1.165) is 24.2 Å². The number of carbonyl (C=O) groups excluding carboxylic acids is 1. The molecule has 142 valence electrons. The molecule has 1 aromatic rings. The number of carbonyl (C=O) groups is 2. The normalized spacial score (nSPS) is 23.7. The summed E-state index contributed by atoms with van der Waals surface area (Å²) >= 11 is 0. The standard InChI is InChI=1S/C20H28N2O4/c1-14-10-16(19(23)24)13-22(12-14)20(25)21-11-15-6-2-5-9-18(15)26-17-7-3-4-8-17/h2,5-6,9,14,16-17H,3-4,7-8,10-13H2,1H3,(H,21,25)(H,23,24). The molecule has 0 aromatic heterocycles. The fraction of sp³-hybridized carbons (Fsp3) is 0.600. The van der Waals surface area contributed by atoms with Gasteiger partial charge in [-0.1, -0.05) is 25.1 Å². The average molecular weight is 360 g/mol. The molecule has 1 aliphatic carbocycles. The van der Waals surface area contributed by atoms with Crippen molar-refractivity contribution in [2.75, 3.05) is 13.1 Å². The van der Waals surface area contributed by atoms with Crippen LogP contribution in [0.1, 0.15) is 44.6 Å². The van der Waals surface area contributed by atoms with Gasteiger partial charge >= 0.3 is 12.0 Å². The summed E-state index contributed by atoms with van der Waals surface area (Å²) in [5.41, 5.74) is 0.951. The number of hydrogen-bond acceptors (Lipinski definition) is 3. The molecule has 0 radical (unpaired) electrons. The van der Waals surface area contributed by atoms with E-state index < -0.39 is 11.9 Å². The van der Waals surface area contributed by atoms with Gasteiger partial charge in [0, 0.05) is 25.2 Å². The molecule has 2 atom stereocenters. The summed E-state index contributed by atoms with van der Waals surface area (Å²) in [5.74, 6) is -0.296. The second kappa shape index (κ2) is 8.43. The van der Waals surface area contributed by atoms with E-state index in [-0.39, 0.29) is 24.6 Å². The van der Waals surface area contributed by atoms with Crippen LogP contribution in [0.4, 0.5) is 4.79 Å². The quantitative estimate of drug-likeness (QED) is 0.845. The van der Waals surface area contributed by atoms with Gasteiger partial charge in [0.15, 0.2) is 0 Å². The Kier molecular flexibility index (Phi) is 6.01. The molecule has 6 nitrogen and oxygen atoms in total. The summed E-state index contributed by atoms with van der Waals surface area (Å²) in [4.78, 5) is 25.4. The first-order valence-electron chi connectivity index (χ1n) is 9.53. The Bertz CT molecular complexity index is 642. The van der Waals surface area contributed by atoms with E-state index in [4.69, 9.17) is 4.74 Å². The van der Waals surface area contributed by atoms with Crippen molar-refractivity contribution in [1.82, 2.24) is 10.2 Å². The number of hydrogen-bond donors (Lipinski definition) is 2. The second-order valence-electron chi connectivity index (χ2n) is 7.57. The zero-order valence-corrected chi connectivity index (χ0v) is 15.3. The molecule has 2 aliphatic rings. The first kappa shape index (κ1) is 18.5. The molecule has 0 spiro atoms. The van der Waals surface area contributed by atoms with Crippen LogP contribution in [0.2, 0.25) is 0 Å². The van der Waals surface area contributed by atoms with Crippen molar-refractivity contribution >= 4 is 12.0 Å². The molecule has 2 amide bonds. The van der Waals surface area contributed by atoms with Crippen LogP contribution < -0.4 is 10.1 Å². The number of nitrogens with zero attached hydrogens (tertiary/aromatic N) is 1. The third kappa shape index (κ3) is 4.68. The summed E-state index contributed by atoms with van der Waals surface area (Å²) in [6, 6.07) is 7.58. The predicted molar refractivity (Wildman–Crippen MR) is 98.0 cm³/mol. The Labute approximate surface area is 154 Å². The van der Waals surface area contributed by atoms with Gasteiger partial charge in [0.05, 0.1) is 12.0 Å². The maximum Gasteiger partial charge on any atom is 0.317 e. The average Bonchev–Trinajstić information content (AvgIpc) is 3.13. The van der Waals surface area contributed by atoms with E-state index in [1.165, 1.54) is 12.8 Å². The molecule has 1 heterocycles. The first-order chi connectivity index (χ1) is 12.5. The van der Waals surface area contributed by atoms with Crippen LogP contribution >= 0.6 is 0 Å². The largest absolute Gasteiger partial charge is 0.490 e. The van der Waals surface area contributed by atoms with Gasteiger partial charge in [0.25, 0.3) is 0 Å². The van der Waals surface area contributed by atoms with Crippen LogP contribution in [0, 0.1) is 11.8 Å². The third-order valence-electron chi connectivity index (χ3n) is 5.29. The Morgan fingerprint density at radius 3 is 2.69 bits per heavy atom. The van der Waals surface area contributed by atoms with Gasteiger partial charge in [0.2, 0.25) is 0 Å². The van der Waals surface area contributed by atoms with Gasteiger partial charge in [-0.3, -0.25) is 4.79 Å². The fourth-order valence-corrected chi connectivity index (χ4v) is 3.93. The summed E-state index contributed by atoms with van der Waals surface area (Å²) in [6.07, 6.45) is 5.48. The molecule has 1 aliphatic heterocycles. The van der Waals surface area contributed by atoms with Crippen molar-refractivity contribution in [2.24, 2.45) is 11.8 Å². The number of rotatable bonds is 5. The van der Waals surface area contributed by atoms with Crippen molar-refractivity contribution in [3.63, 3.8) is 0 Å². The summed E-state index contributed by atoms with van der Waals surface area (Å²) in [6.45, 7) is 3.23. The summed E-state index contributed by atoms with van der Waals surface area (Å²) in [5, 5.41) is 12.2. The highest BCUT2D eigenvalue weighted by molar-refractivity contribution is 5.76. The fourth-order valence-electron chi connectivity index (χ4n) is 3.93. The number of piperidine rings is 1. The van der Waals surface area contributed by atoms with E-state index in [1.54, 1.807) is 4.90 Å². The van der Waals surface area contributed by atoms with E-state index in [0.29, 0.717) is 19.5 Å². The van der Waals surface area contributed by atoms with E-state index in [9.17, 15) is 14.7 Å². The number of carboxylic acids is 1. The third-order valence-corrected chi connectivity index (χ3v) is 5.29. The smallest absolute Gasteiger partial charge is 0.317 e. The monoisotopic (exact) mass is 360 g/mol.